The third-order valence-corrected chi connectivity index (χ3v) is 4.18. The van der Waals surface area contributed by atoms with Crippen molar-refractivity contribution in [2.24, 2.45) is 0 Å². The van der Waals surface area contributed by atoms with Crippen LogP contribution in [-0.4, -0.2) is 6.36 Å². The Hall–Kier alpha value is -2.41. The number of benzene rings is 2. The zero-order valence-corrected chi connectivity index (χ0v) is 13.1. The zero-order chi connectivity index (χ0) is 17.0. The van der Waals surface area contributed by atoms with Gasteiger partial charge in [0.15, 0.2) is 0 Å². The SMILES string of the molecule is FC(F)(F)Oc1ccc(C#Cc2ccc(C3CCCC3)cc2)cc1. The van der Waals surface area contributed by atoms with Gasteiger partial charge in [-0.1, -0.05) is 36.8 Å². The molecule has 2 aromatic carbocycles. The maximum absolute atomic E-state index is 12.1. The monoisotopic (exact) mass is 330 g/mol. The normalized spacial score (nSPS) is 15.0. The Bertz CT molecular complexity index is 728. The van der Waals surface area contributed by atoms with E-state index in [1.165, 1.54) is 55.5 Å². The van der Waals surface area contributed by atoms with Crippen molar-refractivity contribution in [1.29, 1.82) is 0 Å². The Morgan fingerprint density at radius 1 is 0.792 bits per heavy atom. The van der Waals surface area contributed by atoms with Crippen LogP contribution >= 0.6 is 0 Å². The molecular weight excluding hydrogens is 313 g/mol. The molecule has 24 heavy (non-hydrogen) atoms. The summed E-state index contributed by atoms with van der Waals surface area (Å²) in [5.41, 5.74) is 2.91. The second-order valence-corrected chi connectivity index (χ2v) is 5.93. The second kappa shape index (κ2) is 7.00. The molecule has 0 spiro atoms. The Kier molecular flexibility index (Phi) is 4.80. The number of rotatable bonds is 2. The molecule has 0 unspecified atom stereocenters. The van der Waals surface area contributed by atoms with Crippen LogP contribution < -0.4 is 4.74 Å². The third kappa shape index (κ3) is 4.55. The van der Waals surface area contributed by atoms with Gasteiger partial charge in [-0.05, 0) is 60.7 Å². The van der Waals surface area contributed by atoms with Crippen molar-refractivity contribution < 1.29 is 17.9 Å². The topological polar surface area (TPSA) is 9.23 Å². The van der Waals surface area contributed by atoms with Crippen LogP contribution in [0, 0.1) is 11.8 Å². The molecule has 2 aromatic rings. The van der Waals surface area contributed by atoms with E-state index >= 15 is 0 Å². The van der Waals surface area contributed by atoms with E-state index in [-0.39, 0.29) is 5.75 Å². The number of halogens is 3. The summed E-state index contributed by atoms with van der Waals surface area (Å²) in [6, 6.07) is 13.8. The van der Waals surface area contributed by atoms with Crippen molar-refractivity contribution in [2.75, 3.05) is 0 Å². The minimum atomic E-state index is -4.67. The average molecular weight is 330 g/mol. The number of hydrogen-bond donors (Lipinski definition) is 0. The lowest BCUT2D eigenvalue weighted by Gasteiger charge is -2.08. The Labute approximate surface area is 139 Å². The van der Waals surface area contributed by atoms with Gasteiger partial charge < -0.3 is 4.74 Å². The van der Waals surface area contributed by atoms with Crippen LogP contribution in [0.3, 0.4) is 0 Å². The van der Waals surface area contributed by atoms with E-state index in [0.717, 1.165) is 5.56 Å². The number of alkyl halides is 3. The highest BCUT2D eigenvalue weighted by molar-refractivity contribution is 5.45. The Morgan fingerprint density at radius 3 is 1.79 bits per heavy atom. The van der Waals surface area contributed by atoms with E-state index in [4.69, 9.17) is 0 Å². The van der Waals surface area contributed by atoms with Gasteiger partial charge in [-0.15, -0.1) is 13.2 Å². The Balaban J connectivity index is 1.66. The summed E-state index contributed by atoms with van der Waals surface area (Å²) in [4.78, 5) is 0. The van der Waals surface area contributed by atoms with Gasteiger partial charge >= 0.3 is 6.36 Å². The van der Waals surface area contributed by atoms with Gasteiger partial charge in [0, 0.05) is 11.1 Å². The van der Waals surface area contributed by atoms with E-state index in [1.54, 1.807) is 0 Å². The van der Waals surface area contributed by atoms with Crippen LogP contribution in [0.25, 0.3) is 0 Å². The van der Waals surface area contributed by atoms with Gasteiger partial charge in [0.2, 0.25) is 0 Å². The summed E-state index contributed by atoms with van der Waals surface area (Å²) in [5.74, 6) is 6.42. The van der Waals surface area contributed by atoms with Crippen molar-refractivity contribution in [1.82, 2.24) is 0 Å². The minimum Gasteiger partial charge on any atom is -0.406 e. The molecule has 0 saturated heterocycles. The molecule has 124 valence electrons. The summed E-state index contributed by atoms with van der Waals surface area (Å²) in [6.45, 7) is 0. The largest absolute Gasteiger partial charge is 0.573 e. The van der Waals surface area contributed by atoms with Crippen molar-refractivity contribution >= 4 is 0 Å². The van der Waals surface area contributed by atoms with Gasteiger partial charge in [0.25, 0.3) is 0 Å². The van der Waals surface area contributed by atoms with Gasteiger partial charge in [0.05, 0.1) is 0 Å². The lowest BCUT2D eigenvalue weighted by Crippen LogP contribution is -2.16. The molecule has 0 aromatic heterocycles. The molecular formula is C20H17F3O. The summed E-state index contributed by atoms with van der Waals surface area (Å²) < 4.78 is 40.2. The predicted molar refractivity (Wildman–Crippen MR) is 86.8 cm³/mol. The lowest BCUT2D eigenvalue weighted by atomic mass is 9.97. The molecule has 0 bridgehead atoms. The molecule has 1 aliphatic carbocycles. The van der Waals surface area contributed by atoms with E-state index < -0.39 is 6.36 Å². The summed E-state index contributed by atoms with van der Waals surface area (Å²) in [7, 11) is 0. The molecule has 0 atom stereocenters. The van der Waals surface area contributed by atoms with E-state index in [9.17, 15) is 13.2 Å². The van der Waals surface area contributed by atoms with Crippen LogP contribution in [0.15, 0.2) is 48.5 Å². The van der Waals surface area contributed by atoms with Crippen molar-refractivity contribution in [3.05, 3.63) is 65.2 Å². The van der Waals surface area contributed by atoms with Crippen molar-refractivity contribution in [3.63, 3.8) is 0 Å². The van der Waals surface area contributed by atoms with Crippen LogP contribution in [-0.2, 0) is 0 Å². The smallest absolute Gasteiger partial charge is 0.406 e. The fourth-order valence-electron chi connectivity index (χ4n) is 2.98. The van der Waals surface area contributed by atoms with E-state index in [1.807, 2.05) is 12.1 Å². The maximum atomic E-state index is 12.1. The molecule has 4 heteroatoms. The van der Waals surface area contributed by atoms with Gasteiger partial charge in [0.1, 0.15) is 5.75 Å². The summed E-state index contributed by atoms with van der Waals surface area (Å²) >= 11 is 0. The maximum Gasteiger partial charge on any atom is 0.573 e. The van der Waals surface area contributed by atoms with Crippen LogP contribution in [0.2, 0.25) is 0 Å². The third-order valence-electron chi connectivity index (χ3n) is 4.18. The molecule has 1 aliphatic rings. The molecule has 0 heterocycles. The average Bonchev–Trinajstić information content (AvgIpc) is 3.08. The first-order chi connectivity index (χ1) is 11.5. The first-order valence-electron chi connectivity index (χ1n) is 7.97. The highest BCUT2D eigenvalue weighted by Gasteiger charge is 2.30. The molecule has 0 aliphatic heterocycles. The zero-order valence-electron chi connectivity index (χ0n) is 13.1. The predicted octanol–water partition coefficient (Wildman–Crippen LogP) is 5.64. The summed E-state index contributed by atoms with van der Waals surface area (Å²) in [6.07, 6.45) is 0.462. The van der Waals surface area contributed by atoms with Crippen LogP contribution in [0.4, 0.5) is 13.2 Å². The lowest BCUT2D eigenvalue weighted by molar-refractivity contribution is -0.274. The van der Waals surface area contributed by atoms with Crippen molar-refractivity contribution in [3.8, 4) is 17.6 Å². The fraction of sp³-hybridized carbons (Fsp3) is 0.300. The van der Waals surface area contributed by atoms with E-state index in [2.05, 4.69) is 28.7 Å². The first kappa shape index (κ1) is 16.4. The first-order valence-corrected chi connectivity index (χ1v) is 7.97. The Morgan fingerprint density at radius 2 is 1.29 bits per heavy atom. The fourth-order valence-corrected chi connectivity index (χ4v) is 2.98. The van der Waals surface area contributed by atoms with E-state index in [0.29, 0.717) is 11.5 Å². The summed E-state index contributed by atoms with van der Waals surface area (Å²) in [5, 5.41) is 0. The van der Waals surface area contributed by atoms with Crippen molar-refractivity contribution in [2.45, 2.75) is 38.0 Å². The molecule has 1 saturated carbocycles. The molecule has 1 fully saturated rings. The molecule has 0 N–H and O–H groups in total. The van der Waals surface area contributed by atoms with Gasteiger partial charge in [-0.25, -0.2) is 0 Å². The quantitative estimate of drug-likeness (QED) is 0.647. The number of ether oxygens (including phenoxy) is 1. The number of hydrogen-bond acceptors (Lipinski definition) is 1. The van der Waals surface area contributed by atoms with Gasteiger partial charge in [-0.3, -0.25) is 0 Å². The van der Waals surface area contributed by atoms with Crippen LogP contribution in [0.5, 0.6) is 5.75 Å². The van der Waals surface area contributed by atoms with Crippen LogP contribution in [0.1, 0.15) is 48.3 Å². The molecule has 1 nitrogen and oxygen atoms in total. The molecule has 3 rings (SSSR count). The van der Waals surface area contributed by atoms with Gasteiger partial charge in [-0.2, -0.15) is 0 Å². The molecule has 0 radical (unpaired) electrons. The second-order valence-electron chi connectivity index (χ2n) is 5.93. The standard InChI is InChI=1S/C20H17F3O/c21-20(22,23)24-19-13-9-16(10-14-19)6-5-15-7-11-18(12-8-15)17-3-1-2-4-17/h7-14,17H,1-4H2. The molecule has 0 amide bonds. The highest BCUT2D eigenvalue weighted by Crippen LogP contribution is 2.33. The minimum absolute atomic E-state index is 0.242. The highest BCUT2D eigenvalue weighted by atomic mass is 19.4.